The van der Waals surface area contributed by atoms with Crippen molar-refractivity contribution in [1.82, 2.24) is 9.97 Å². The Morgan fingerprint density at radius 3 is 1.47 bits per heavy atom. The van der Waals surface area contributed by atoms with Crippen LogP contribution < -0.4 is 0 Å². The maximum atomic E-state index is 5.35. The van der Waals surface area contributed by atoms with Crippen molar-refractivity contribution in [3.8, 4) is 56.2 Å². The second-order valence-corrected chi connectivity index (χ2v) is 15.4. The fraction of sp³-hybridized carbons (Fsp3) is 0.0566. The summed E-state index contributed by atoms with van der Waals surface area (Å²) in [6.07, 6.45) is 0. The Kier molecular flexibility index (Phi) is 6.93. The highest BCUT2D eigenvalue weighted by Gasteiger charge is 2.37. The van der Waals surface area contributed by atoms with Gasteiger partial charge in [0.05, 0.1) is 11.4 Å². The van der Waals surface area contributed by atoms with Gasteiger partial charge in [-0.2, -0.15) is 0 Å². The van der Waals surface area contributed by atoms with E-state index in [9.17, 15) is 0 Å². The number of benzene rings is 9. The van der Waals surface area contributed by atoms with E-state index in [0.717, 1.165) is 33.5 Å². The number of nitrogens with zero attached hydrogens (tertiary/aromatic N) is 2. The lowest BCUT2D eigenvalue weighted by Gasteiger charge is -2.22. The zero-order valence-electron chi connectivity index (χ0n) is 30.7. The molecular formula is C53H36N2. The van der Waals surface area contributed by atoms with Gasteiger partial charge < -0.3 is 0 Å². The van der Waals surface area contributed by atoms with Crippen molar-refractivity contribution in [3.63, 3.8) is 0 Å². The van der Waals surface area contributed by atoms with Crippen LogP contribution in [0.5, 0.6) is 0 Å². The van der Waals surface area contributed by atoms with Crippen molar-refractivity contribution in [2.45, 2.75) is 19.3 Å². The molecule has 0 radical (unpaired) electrons. The molecule has 10 aromatic rings. The molecular weight excluding hydrogens is 665 g/mol. The molecule has 0 aliphatic heterocycles. The molecule has 0 unspecified atom stereocenters. The number of fused-ring (bicyclic) bond motifs is 7. The average molecular weight is 701 g/mol. The van der Waals surface area contributed by atoms with Crippen LogP contribution in [0.4, 0.5) is 0 Å². The molecule has 55 heavy (non-hydrogen) atoms. The zero-order chi connectivity index (χ0) is 36.7. The van der Waals surface area contributed by atoms with Crippen LogP contribution in [0.2, 0.25) is 0 Å². The summed E-state index contributed by atoms with van der Waals surface area (Å²) in [5.74, 6) is 0.716. The number of rotatable bonds is 4. The van der Waals surface area contributed by atoms with Gasteiger partial charge in [-0.3, -0.25) is 0 Å². The second-order valence-electron chi connectivity index (χ2n) is 15.4. The standard InChI is InChI=1S/C53H36N2/c1-53(2)47-21-11-20-44(51(47)46-30-37-16-7-8-17-38(37)31-48(46)53)43-26-27-45(42-19-10-9-18-41(42)43)52-54-49(39-24-22-33-12-3-5-14-35(33)28-39)32-50(55-52)40-25-23-34-13-4-6-15-36(34)29-40/h3-32H,1-2H3. The maximum absolute atomic E-state index is 5.35. The molecule has 1 aliphatic carbocycles. The van der Waals surface area contributed by atoms with Crippen LogP contribution in [0.25, 0.3) is 99.2 Å². The van der Waals surface area contributed by atoms with Crippen LogP contribution in [0.3, 0.4) is 0 Å². The summed E-state index contributed by atoms with van der Waals surface area (Å²) in [7, 11) is 0. The summed E-state index contributed by atoms with van der Waals surface area (Å²) in [6.45, 7) is 4.73. The first-order valence-electron chi connectivity index (χ1n) is 19.1. The average Bonchev–Trinajstić information content (AvgIpc) is 3.46. The molecule has 0 N–H and O–H groups in total. The molecule has 1 aliphatic rings. The Bertz CT molecular complexity index is 3090. The molecule has 0 fully saturated rings. The highest BCUT2D eigenvalue weighted by atomic mass is 14.9. The van der Waals surface area contributed by atoms with E-state index in [4.69, 9.17) is 9.97 Å². The molecule has 0 saturated heterocycles. The highest BCUT2D eigenvalue weighted by Crippen LogP contribution is 2.54. The lowest BCUT2D eigenvalue weighted by molar-refractivity contribution is 0.661. The van der Waals surface area contributed by atoms with E-state index in [1.807, 2.05) is 0 Å². The van der Waals surface area contributed by atoms with Gasteiger partial charge in [-0.25, -0.2) is 9.97 Å². The third kappa shape index (κ3) is 5.02. The Balaban J connectivity index is 1.12. The molecule has 0 atom stereocenters. The van der Waals surface area contributed by atoms with E-state index in [2.05, 4.69) is 196 Å². The van der Waals surface area contributed by atoms with Crippen LogP contribution >= 0.6 is 0 Å². The minimum Gasteiger partial charge on any atom is -0.228 e. The van der Waals surface area contributed by atoms with Gasteiger partial charge in [-0.05, 0) is 113 Å². The van der Waals surface area contributed by atoms with Crippen molar-refractivity contribution in [2.75, 3.05) is 0 Å². The third-order valence-corrected chi connectivity index (χ3v) is 11.8. The van der Waals surface area contributed by atoms with Crippen molar-refractivity contribution < 1.29 is 0 Å². The predicted octanol–water partition coefficient (Wildman–Crippen LogP) is 14.1. The molecule has 11 rings (SSSR count). The predicted molar refractivity (Wildman–Crippen MR) is 231 cm³/mol. The number of hydrogen-bond acceptors (Lipinski definition) is 2. The SMILES string of the molecule is CC1(C)c2cc3ccccc3cc2-c2c(-c3ccc(-c4nc(-c5ccc6ccccc6c5)cc(-c5ccc6ccccc6c5)n4)c4ccccc34)cccc21. The Morgan fingerprint density at radius 1 is 0.345 bits per heavy atom. The van der Waals surface area contributed by atoms with Crippen LogP contribution in [-0.4, -0.2) is 9.97 Å². The fourth-order valence-corrected chi connectivity index (χ4v) is 8.99. The number of aromatic nitrogens is 2. The zero-order valence-corrected chi connectivity index (χ0v) is 30.7. The molecule has 0 saturated carbocycles. The van der Waals surface area contributed by atoms with E-state index in [1.54, 1.807) is 0 Å². The highest BCUT2D eigenvalue weighted by molar-refractivity contribution is 6.08. The first kappa shape index (κ1) is 31.6. The number of hydrogen-bond donors (Lipinski definition) is 0. The quantitative estimate of drug-likeness (QED) is 0.183. The van der Waals surface area contributed by atoms with E-state index >= 15 is 0 Å². The lowest BCUT2D eigenvalue weighted by Crippen LogP contribution is -2.14. The van der Waals surface area contributed by atoms with Gasteiger partial charge in [0.25, 0.3) is 0 Å². The molecule has 1 aromatic heterocycles. The van der Waals surface area contributed by atoms with Crippen LogP contribution in [-0.2, 0) is 5.41 Å². The van der Waals surface area contributed by atoms with Crippen LogP contribution in [0, 0.1) is 0 Å². The van der Waals surface area contributed by atoms with E-state index in [-0.39, 0.29) is 5.41 Å². The van der Waals surface area contributed by atoms with Crippen molar-refractivity contribution >= 4 is 43.1 Å². The van der Waals surface area contributed by atoms with Crippen molar-refractivity contribution in [3.05, 3.63) is 193 Å². The van der Waals surface area contributed by atoms with E-state index < -0.39 is 0 Å². The van der Waals surface area contributed by atoms with Gasteiger partial charge >= 0.3 is 0 Å². The second kappa shape index (κ2) is 12.1. The van der Waals surface area contributed by atoms with Crippen molar-refractivity contribution in [1.29, 1.82) is 0 Å². The van der Waals surface area contributed by atoms with Gasteiger partial charge in [0.2, 0.25) is 0 Å². The Morgan fingerprint density at radius 2 is 0.855 bits per heavy atom. The Labute approximate surface area is 320 Å². The van der Waals surface area contributed by atoms with Crippen LogP contribution in [0.1, 0.15) is 25.0 Å². The van der Waals surface area contributed by atoms with Gasteiger partial charge in [0.15, 0.2) is 5.82 Å². The molecule has 9 aromatic carbocycles. The van der Waals surface area contributed by atoms with E-state index in [1.165, 1.54) is 71.1 Å². The molecule has 1 heterocycles. The lowest BCUT2D eigenvalue weighted by atomic mass is 9.81. The largest absolute Gasteiger partial charge is 0.228 e. The first-order valence-corrected chi connectivity index (χ1v) is 19.1. The maximum Gasteiger partial charge on any atom is 0.161 e. The van der Waals surface area contributed by atoms with Crippen LogP contribution in [0.15, 0.2) is 182 Å². The van der Waals surface area contributed by atoms with E-state index in [0.29, 0.717) is 5.82 Å². The molecule has 0 amide bonds. The summed E-state index contributed by atoms with van der Waals surface area (Å²) >= 11 is 0. The summed E-state index contributed by atoms with van der Waals surface area (Å²) in [5, 5.41) is 9.68. The van der Waals surface area contributed by atoms with Crippen molar-refractivity contribution in [2.24, 2.45) is 0 Å². The molecule has 2 heteroatoms. The molecule has 0 spiro atoms. The van der Waals surface area contributed by atoms with Gasteiger partial charge in [0, 0.05) is 22.1 Å². The summed E-state index contributed by atoms with van der Waals surface area (Å²) < 4.78 is 0. The van der Waals surface area contributed by atoms with Gasteiger partial charge in [0.1, 0.15) is 0 Å². The summed E-state index contributed by atoms with van der Waals surface area (Å²) in [6, 6.07) is 66.0. The topological polar surface area (TPSA) is 25.8 Å². The molecule has 258 valence electrons. The minimum atomic E-state index is -0.114. The normalized spacial score (nSPS) is 13.1. The summed E-state index contributed by atoms with van der Waals surface area (Å²) in [4.78, 5) is 10.7. The minimum absolute atomic E-state index is 0.114. The molecule has 0 bridgehead atoms. The summed E-state index contributed by atoms with van der Waals surface area (Å²) in [5.41, 5.74) is 12.7. The van der Waals surface area contributed by atoms with Gasteiger partial charge in [-0.15, -0.1) is 0 Å². The Hall–Kier alpha value is -6.90. The monoisotopic (exact) mass is 700 g/mol. The fourth-order valence-electron chi connectivity index (χ4n) is 8.99. The smallest absolute Gasteiger partial charge is 0.161 e. The first-order chi connectivity index (χ1) is 27.0. The molecule has 2 nitrogen and oxygen atoms in total. The third-order valence-electron chi connectivity index (χ3n) is 11.8. The van der Waals surface area contributed by atoms with Gasteiger partial charge in [-0.1, -0.05) is 159 Å².